The van der Waals surface area contributed by atoms with E-state index in [1.807, 2.05) is 43.3 Å². The van der Waals surface area contributed by atoms with E-state index in [1.165, 1.54) is 5.56 Å². The average molecular weight is 224 g/mol. The van der Waals surface area contributed by atoms with Gasteiger partial charge in [-0.05, 0) is 31.5 Å². The topological polar surface area (TPSA) is 24.4 Å². The molecule has 2 aromatic rings. The number of anilines is 1. The van der Waals surface area contributed by atoms with Gasteiger partial charge in [0.2, 0.25) is 0 Å². The van der Waals surface area contributed by atoms with Crippen molar-refractivity contribution < 1.29 is 0 Å². The Morgan fingerprint density at radius 2 is 1.76 bits per heavy atom. The van der Waals surface area contributed by atoms with Crippen LogP contribution < -0.4 is 5.43 Å². The number of hydrogen-bond donors (Lipinski definition) is 1. The minimum absolute atomic E-state index is 0.984. The second-order valence-corrected chi connectivity index (χ2v) is 4.04. The summed E-state index contributed by atoms with van der Waals surface area (Å²) in [5, 5.41) is 4.37. The summed E-state index contributed by atoms with van der Waals surface area (Å²) in [6.45, 7) is 4.09. The molecule has 0 radical (unpaired) electrons. The fourth-order valence-corrected chi connectivity index (χ4v) is 1.60. The molecule has 2 heteroatoms. The van der Waals surface area contributed by atoms with Crippen LogP contribution in [-0.4, -0.2) is 5.71 Å². The number of nitrogens with zero attached hydrogens (tertiary/aromatic N) is 1. The molecule has 1 N–H and O–H groups in total. The SMILES string of the molecule is C/C(=N\Nc1ccccc1)c1cccc(C)c1. The standard InChI is InChI=1S/C15H16N2/c1-12-7-6-8-14(11-12)13(2)16-17-15-9-4-3-5-10-15/h3-11,17H,1-2H3/b16-13+. The second-order valence-electron chi connectivity index (χ2n) is 4.04. The third-order valence-electron chi connectivity index (χ3n) is 2.56. The number of hydrazone groups is 1. The molecule has 0 heterocycles. The fourth-order valence-electron chi connectivity index (χ4n) is 1.60. The van der Waals surface area contributed by atoms with E-state index in [-0.39, 0.29) is 0 Å². The molecule has 0 aliphatic rings. The van der Waals surface area contributed by atoms with Gasteiger partial charge in [-0.1, -0.05) is 48.0 Å². The lowest BCUT2D eigenvalue weighted by Gasteiger charge is -2.04. The Morgan fingerprint density at radius 3 is 2.47 bits per heavy atom. The molecule has 0 spiro atoms. The Hall–Kier alpha value is -2.09. The van der Waals surface area contributed by atoms with Crippen LogP contribution in [-0.2, 0) is 0 Å². The number of aryl methyl sites for hydroxylation is 1. The minimum Gasteiger partial charge on any atom is -0.278 e. The number of nitrogens with one attached hydrogen (secondary N) is 1. The van der Waals surface area contributed by atoms with Gasteiger partial charge >= 0.3 is 0 Å². The van der Waals surface area contributed by atoms with Crippen molar-refractivity contribution in [3.8, 4) is 0 Å². The van der Waals surface area contributed by atoms with Gasteiger partial charge in [0, 0.05) is 0 Å². The van der Waals surface area contributed by atoms with E-state index in [0.29, 0.717) is 0 Å². The Bertz CT molecular complexity index is 515. The molecular weight excluding hydrogens is 208 g/mol. The van der Waals surface area contributed by atoms with Crippen LogP contribution >= 0.6 is 0 Å². The molecule has 17 heavy (non-hydrogen) atoms. The summed E-state index contributed by atoms with van der Waals surface area (Å²) in [5.41, 5.74) is 7.43. The van der Waals surface area contributed by atoms with Crippen molar-refractivity contribution in [3.63, 3.8) is 0 Å². The quantitative estimate of drug-likeness (QED) is 0.622. The molecule has 0 atom stereocenters. The number of hydrogen-bond acceptors (Lipinski definition) is 2. The molecule has 2 nitrogen and oxygen atoms in total. The smallest absolute Gasteiger partial charge is 0.0648 e. The van der Waals surface area contributed by atoms with Gasteiger partial charge in [-0.15, -0.1) is 0 Å². The molecule has 0 bridgehead atoms. The van der Waals surface area contributed by atoms with Crippen LogP contribution in [0.1, 0.15) is 18.1 Å². The minimum atomic E-state index is 0.984. The summed E-state index contributed by atoms with van der Waals surface area (Å²) < 4.78 is 0. The van der Waals surface area contributed by atoms with Crippen LogP contribution in [0.25, 0.3) is 0 Å². The van der Waals surface area contributed by atoms with Gasteiger partial charge in [-0.3, -0.25) is 5.43 Å². The second kappa shape index (κ2) is 5.30. The molecule has 0 aromatic heterocycles. The largest absolute Gasteiger partial charge is 0.278 e. The highest BCUT2D eigenvalue weighted by atomic mass is 15.3. The zero-order valence-corrected chi connectivity index (χ0v) is 10.1. The normalized spacial score (nSPS) is 11.3. The van der Waals surface area contributed by atoms with E-state index in [2.05, 4.69) is 35.7 Å². The first-order valence-corrected chi connectivity index (χ1v) is 5.68. The molecule has 0 unspecified atom stereocenters. The summed E-state index contributed by atoms with van der Waals surface area (Å²) in [6, 6.07) is 18.3. The van der Waals surface area contributed by atoms with Crippen LogP contribution in [0.3, 0.4) is 0 Å². The van der Waals surface area contributed by atoms with Crippen molar-refractivity contribution in [2.75, 3.05) is 5.43 Å². The molecule has 0 aliphatic heterocycles. The van der Waals surface area contributed by atoms with E-state index in [4.69, 9.17) is 0 Å². The summed E-state index contributed by atoms with van der Waals surface area (Å²) in [7, 11) is 0. The summed E-state index contributed by atoms with van der Waals surface area (Å²) in [4.78, 5) is 0. The summed E-state index contributed by atoms with van der Waals surface area (Å²) in [6.07, 6.45) is 0. The lowest BCUT2D eigenvalue weighted by atomic mass is 10.1. The summed E-state index contributed by atoms with van der Waals surface area (Å²) >= 11 is 0. The Labute approximate surface area is 102 Å². The number of para-hydroxylation sites is 1. The van der Waals surface area contributed by atoms with Crippen molar-refractivity contribution in [2.24, 2.45) is 5.10 Å². The van der Waals surface area contributed by atoms with Crippen molar-refractivity contribution in [1.29, 1.82) is 0 Å². The fraction of sp³-hybridized carbons (Fsp3) is 0.133. The molecule has 0 aliphatic carbocycles. The van der Waals surface area contributed by atoms with Gasteiger partial charge in [-0.25, -0.2) is 0 Å². The van der Waals surface area contributed by atoms with Crippen molar-refractivity contribution in [1.82, 2.24) is 0 Å². The maximum Gasteiger partial charge on any atom is 0.0648 e. The third-order valence-corrected chi connectivity index (χ3v) is 2.56. The van der Waals surface area contributed by atoms with E-state index in [0.717, 1.165) is 17.0 Å². The van der Waals surface area contributed by atoms with Crippen LogP contribution in [0.4, 0.5) is 5.69 Å². The molecule has 0 amide bonds. The van der Waals surface area contributed by atoms with Gasteiger partial charge in [0.15, 0.2) is 0 Å². The van der Waals surface area contributed by atoms with Gasteiger partial charge in [0.1, 0.15) is 0 Å². The Morgan fingerprint density at radius 1 is 1.00 bits per heavy atom. The number of benzene rings is 2. The highest BCUT2D eigenvalue weighted by Gasteiger charge is 1.97. The lowest BCUT2D eigenvalue weighted by molar-refractivity contribution is 1.32. The lowest BCUT2D eigenvalue weighted by Crippen LogP contribution is -1.99. The first-order chi connectivity index (χ1) is 8.25. The number of rotatable bonds is 3. The first-order valence-electron chi connectivity index (χ1n) is 5.68. The molecule has 0 saturated carbocycles. The maximum atomic E-state index is 4.37. The predicted molar refractivity (Wildman–Crippen MR) is 73.5 cm³/mol. The molecular formula is C15H16N2. The Kier molecular flexibility index (Phi) is 3.55. The molecule has 2 rings (SSSR count). The molecule has 86 valence electrons. The van der Waals surface area contributed by atoms with E-state index >= 15 is 0 Å². The van der Waals surface area contributed by atoms with Crippen molar-refractivity contribution in [2.45, 2.75) is 13.8 Å². The summed E-state index contributed by atoms with van der Waals surface area (Å²) in [5.74, 6) is 0. The maximum absolute atomic E-state index is 4.37. The van der Waals surface area contributed by atoms with Crippen LogP contribution in [0.5, 0.6) is 0 Å². The van der Waals surface area contributed by atoms with Crippen LogP contribution in [0.2, 0.25) is 0 Å². The predicted octanol–water partition coefficient (Wildman–Crippen LogP) is 3.83. The Balaban J connectivity index is 2.12. The monoisotopic (exact) mass is 224 g/mol. The molecule has 2 aromatic carbocycles. The highest BCUT2D eigenvalue weighted by molar-refractivity contribution is 5.99. The van der Waals surface area contributed by atoms with Crippen molar-refractivity contribution in [3.05, 3.63) is 65.7 Å². The zero-order valence-electron chi connectivity index (χ0n) is 10.1. The van der Waals surface area contributed by atoms with E-state index in [9.17, 15) is 0 Å². The first kappa shape index (κ1) is 11.4. The van der Waals surface area contributed by atoms with E-state index in [1.54, 1.807) is 0 Å². The van der Waals surface area contributed by atoms with Gasteiger partial charge in [-0.2, -0.15) is 5.10 Å². The molecule has 0 fully saturated rings. The van der Waals surface area contributed by atoms with E-state index < -0.39 is 0 Å². The molecule has 0 saturated heterocycles. The van der Waals surface area contributed by atoms with Crippen molar-refractivity contribution >= 4 is 11.4 Å². The zero-order chi connectivity index (χ0) is 12.1. The van der Waals surface area contributed by atoms with Gasteiger partial charge < -0.3 is 0 Å². The highest BCUT2D eigenvalue weighted by Crippen LogP contribution is 2.08. The van der Waals surface area contributed by atoms with Crippen LogP contribution in [0, 0.1) is 6.92 Å². The average Bonchev–Trinajstić information content (AvgIpc) is 2.37. The third kappa shape index (κ3) is 3.18. The van der Waals surface area contributed by atoms with Crippen LogP contribution in [0.15, 0.2) is 59.7 Å². The van der Waals surface area contributed by atoms with Gasteiger partial charge in [0.25, 0.3) is 0 Å². The van der Waals surface area contributed by atoms with Gasteiger partial charge in [0.05, 0.1) is 11.4 Å².